The van der Waals surface area contributed by atoms with E-state index in [0.717, 1.165) is 12.8 Å². The lowest BCUT2D eigenvalue weighted by Gasteiger charge is -2.21. The lowest BCUT2D eigenvalue weighted by molar-refractivity contribution is -0.123. The van der Waals surface area contributed by atoms with Gasteiger partial charge >= 0.3 is 5.97 Å². The van der Waals surface area contributed by atoms with Crippen LogP contribution in [0.2, 0.25) is 0 Å². The molecule has 1 aromatic heterocycles. The first-order valence-electron chi connectivity index (χ1n) is 10.6. The molecule has 2 aromatic rings. The molecule has 1 aliphatic rings. The van der Waals surface area contributed by atoms with Gasteiger partial charge in [0.2, 0.25) is 5.91 Å². The molecular formula is C23H26N2O5S2. The van der Waals surface area contributed by atoms with Crippen LogP contribution in [-0.4, -0.2) is 42.6 Å². The van der Waals surface area contributed by atoms with Crippen LogP contribution in [0.1, 0.15) is 52.1 Å². The summed E-state index contributed by atoms with van der Waals surface area (Å²) in [7, 11) is 0. The first-order chi connectivity index (χ1) is 15.5. The maximum absolute atomic E-state index is 12.5. The Morgan fingerprint density at radius 2 is 1.78 bits per heavy atom. The number of carbonyl (C=O) groups excluding carboxylic acids is 4. The minimum Gasteiger partial charge on any atom is -0.452 e. The Morgan fingerprint density at radius 3 is 2.53 bits per heavy atom. The zero-order chi connectivity index (χ0) is 22.8. The number of esters is 1. The Kier molecular flexibility index (Phi) is 9.30. The summed E-state index contributed by atoms with van der Waals surface area (Å²) >= 11 is 2.45. The summed E-state index contributed by atoms with van der Waals surface area (Å²) in [5.74, 6) is -1.25. The highest BCUT2D eigenvalue weighted by Gasteiger charge is 2.18. The lowest BCUT2D eigenvalue weighted by atomic mass is 9.89. The fourth-order valence-corrected chi connectivity index (χ4v) is 4.94. The average Bonchev–Trinajstić information content (AvgIpc) is 3.36. The highest BCUT2D eigenvalue weighted by molar-refractivity contribution is 8.00. The Bertz CT molecular complexity index is 940. The normalized spacial score (nSPS) is 13.9. The van der Waals surface area contributed by atoms with E-state index in [2.05, 4.69) is 10.6 Å². The van der Waals surface area contributed by atoms with Crippen LogP contribution in [0.15, 0.2) is 46.7 Å². The van der Waals surface area contributed by atoms with Crippen LogP contribution >= 0.6 is 23.1 Å². The van der Waals surface area contributed by atoms with Gasteiger partial charge in [0.05, 0.1) is 16.2 Å². The van der Waals surface area contributed by atoms with E-state index >= 15 is 0 Å². The number of amides is 3. The standard InChI is InChI=1S/C23H26N2O5S2/c26-20(25-22(28)19-11-6-12-31-19)14-30-23(29)17-9-4-5-10-18(17)32-15-21(27)24-13-16-7-2-1-3-8-16/h4-6,9-12,16H,1-3,7-8,13-15H2,(H,24,27)(H,25,26,28). The zero-order valence-corrected chi connectivity index (χ0v) is 19.3. The molecule has 3 amide bonds. The monoisotopic (exact) mass is 474 g/mol. The lowest BCUT2D eigenvalue weighted by Crippen LogP contribution is -2.33. The number of rotatable bonds is 9. The second-order valence-electron chi connectivity index (χ2n) is 7.52. The van der Waals surface area contributed by atoms with E-state index in [1.165, 1.54) is 42.4 Å². The number of imide groups is 1. The molecule has 1 saturated carbocycles. The number of hydrogen-bond acceptors (Lipinski definition) is 7. The molecule has 7 nitrogen and oxygen atoms in total. The summed E-state index contributed by atoms with van der Waals surface area (Å²) in [6.45, 7) is 0.124. The Hall–Kier alpha value is -2.65. The van der Waals surface area contributed by atoms with Crippen molar-refractivity contribution in [1.29, 1.82) is 0 Å². The van der Waals surface area contributed by atoms with Crippen LogP contribution in [0.5, 0.6) is 0 Å². The van der Waals surface area contributed by atoms with E-state index in [1.807, 2.05) is 0 Å². The van der Waals surface area contributed by atoms with Crippen LogP contribution in [0.3, 0.4) is 0 Å². The zero-order valence-electron chi connectivity index (χ0n) is 17.6. The Labute approximate surface area is 195 Å². The molecule has 32 heavy (non-hydrogen) atoms. The van der Waals surface area contributed by atoms with Crippen LogP contribution in [0.4, 0.5) is 0 Å². The molecule has 170 valence electrons. The van der Waals surface area contributed by atoms with Crippen LogP contribution < -0.4 is 10.6 Å². The molecule has 1 aliphatic carbocycles. The van der Waals surface area contributed by atoms with Gasteiger partial charge in [-0.1, -0.05) is 37.5 Å². The van der Waals surface area contributed by atoms with E-state index < -0.39 is 24.4 Å². The van der Waals surface area contributed by atoms with E-state index in [-0.39, 0.29) is 17.2 Å². The Morgan fingerprint density at radius 1 is 1.00 bits per heavy atom. The SMILES string of the molecule is O=C(CSc1ccccc1C(=O)OCC(=O)NC(=O)c1cccs1)NCC1CCCCC1. The molecular weight excluding hydrogens is 448 g/mol. The first kappa shape index (κ1) is 24.0. The largest absolute Gasteiger partial charge is 0.452 e. The molecule has 0 radical (unpaired) electrons. The summed E-state index contributed by atoms with van der Waals surface area (Å²) in [4.78, 5) is 49.5. The van der Waals surface area contributed by atoms with Crippen molar-refractivity contribution in [2.75, 3.05) is 18.9 Å². The van der Waals surface area contributed by atoms with Gasteiger partial charge in [-0.15, -0.1) is 23.1 Å². The van der Waals surface area contributed by atoms with E-state index in [9.17, 15) is 19.2 Å². The Balaban J connectivity index is 1.44. The maximum Gasteiger partial charge on any atom is 0.339 e. The number of carbonyl (C=O) groups is 4. The van der Waals surface area contributed by atoms with Crippen molar-refractivity contribution >= 4 is 46.8 Å². The third-order valence-electron chi connectivity index (χ3n) is 5.11. The molecule has 3 rings (SSSR count). The van der Waals surface area contributed by atoms with Gasteiger partial charge < -0.3 is 10.1 Å². The third kappa shape index (κ3) is 7.49. The van der Waals surface area contributed by atoms with Crippen molar-refractivity contribution in [3.05, 3.63) is 52.2 Å². The topological polar surface area (TPSA) is 102 Å². The highest BCUT2D eigenvalue weighted by atomic mass is 32.2. The molecule has 0 spiro atoms. The summed E-state index contributed by atoms with van der Waals surface area (Å²) in [5, 5.41) is 6.89. The summed E-state index contributed by atoms with van der Waals surface area (Å²) < 4.78 is 5.07. The quantitative estimate of drug-likeness (QED) is 0.425. The minimum atomic E-state index is -0.705. The molecule has 0 atom stereocenters. The smallest absolute Gasteiger partial charge is 0.339 e. The molecule has 1 fully saturated rings. The predicted molar refractivity (Wildman–Crippen MR) is 124 cm³/mol. The molecule has 1 aromatic carbocycles. The molecule has 1 heterocycles. The fraction of sp³-hybridized carbons (Fsp3) is 0.391. The van der Waals surface area contributed by atoms with Crippen molar-refractivity contribution in [3.8, 4) is 0 Å². The average molecular weight is 475 g/mol. The maximum atomic E-state index is 12.5. The second-order valence-corrected chi connectivity index (χ2v) is 9.49. The van der Waals surface area contributed by atoms with Crippen molar-refractivity contribution < 1.29 is 23.9 Å². The van der Waals surface area contributed by atoms with Crippen molar-refractivity contribution in [3.63, 3.8) is 0 Å². The molecule has 0 unspecified atom stereocenters. The van der Waals surface area contributed by atoms with Gasteiger partial charge in [0, 0.05) is 11.4 Å². The summed E-state index contributed by atoms with van der Waals surface area (Å²) in [6, 6.07) is 10.1. The molecule has 9 heteroatoms. The molecule has 2 N–H and O–H groups in total. The van der Waals surface area contributed by atoms with E-state index in [1.54, 1.807) is 41.8 Å². The first-order valence-corrected chi connectivity index (χ1v) is 12.4. The molecule has 0 bridgehead atoms. The minimum absolute atomic E-state index is 0.0739. The van der Waals surface area contributed by atoms with Gasteiger partial charge in [-0.25, -0.2) is 4.79 Å². The van der Waals surface area contributed by atoms with Crippen molar-refractivity contribution in [1.82, 2.24) is 10.6 Å². The number of thioether (sulfide) groups is 1. The number of benzene rings is 1. The van der Waals surface area contributed by atoms with Gasteiger partial charge in [-0.3, -0.25) is 19.7 Å². The van der Waals surface area contributed by atoms with Gasteiger partial charge in [0.15, 0.2) is 6.61 Å². The number of ether oxygens (including phenoxy) is 1. The van der Waals surface area contributed by atoms with Crippen LogP contribution in [0.25, 0.3) is 0 Å². The number of nitrogens with one attached hydrogen (secondary N) is 2. The van der Waals surface area contributed by atoms with E-state index in [0.29, 0.717) is 22.2 Å². The molecule has 0 saturated heterocycles. The van der Waals surface area contributed by atoms with Gasteiger partial charge in [0.25, 0.3) is 11.8 Å². The van der Waals surface area contributed by atoms with Crippen LogP contribution in [-0.2, 0) is 14.3 Å². The van der Waals surface area contributed by atoms with Gasteiger partial charge in [-0.2, -0.15) is 0 Å². The third-order valence-corrected chi connectivity index (χ3v) is 7.05. The van der Waals surface area contributed by atoms with Crippen molar-refractivity contribution in [2.45, 2.75) is 37.0 Å². The molecule has 0 aliphatic heterocycles. The summed E-state index contributed by atoms with van der Waals surface area (Å²) in [5.41, 5.74) is 0.273. The van der Waals surface area contributed by atoms with E-state index in [4.69, 9.17) is 4.74 Å². The summed E-state index contributed by atoms with van der Waals surface area (Å²) in [6.07, 6.45) is 6.05. The van der Waals surface area contributed by atoms with Crippen molar-refractivity contribution in [2.24, 2.45) is 5.92 Å². The number of thiophene rings is 1. The van der Waals surface area contributed by atoms with Crippen LogP contribution in [0, 0.1) is 5.92 Å². The highest BCUT2D eigenvalue weighted by Crippen LogP contribution is 2.24. The predicted octanol–water partition coefficient (Wildman–Crippen LogP) is 3.65. The number of hydrogen-bond donors (Lipinski definition) is 2. The fourth-order valence-electron chi connectivity index (χ4n) is 3.45. The second kappa shape index (κ2) is 12.4. The van der Waals surface area contributed by atoms with Gasteiger partial charge in [-0.05, 0) is 42.3 Å². The van der Waals surface area contributed by atoms with Gasteiger partial charge in [0.1, 0.15) is 0 Å².